The zero-order chi connectivity index (χ0) is 16.3. The van der Waals surface area contributed by atoms with E-state index < -0.39 is 32.8 Å². The van der Waals surface area contributed by atoms with Crippen LogP contribution in [0.1, 0.15) is 27.2 Å². The third-order valence-corrected chi connectivity index (χ3v) is 5.03. The minimum atomic E-state index is -3.44. The van der Waals surface area contributed by atoms with Crippen molar-refractivity contribution in [1.29, 1.82) is 0 Å². The molecule has 1 unspecified atom stereocenters. The van der Waals surface area contributed by atoms with Gasteiger partial charge in [-0.1, -0.05) is 11.6 Å². The summed E-state index contributed by atoms with van der Waals surface area (Å²) in [6.07, 6.45) is -0.915. The van der Waals surface area contributed by atoms with Gasteiger partial charge >= 0.3 is 12.1 Å². The first kappa shape index (κ1) is 18.0. The second kappa shape index (κ2) is 6.83. The van der Waals surface area contributed by atoms with Crippen molar-refractivity contribution in [2.75, 3.05) is 24.9 Å². The molecule has 0 aromatic heterocycles. The molecule has 1 aliphatic rings. The Balaban J connectivity index is 2.73. The minimum Gasteiger partial charge on any atom is -0.449 e. The Hall–Kier alpha value is -1.02. The van der Waals surface area contributed by atoms with E-state index >= 15 is 0 Å². The van der Waals surface area contributed by atoms with Crippen LogP contribution in [-0.2, 0) is 24.1 Å². The van der Waals surface area contributed by atoms with E-state index in [1.165, 1.54) is 4.90 Å². The molecule has 0 N–H and O–H groups in total. The molecule has 0 aromatic carbocycles. The number of hydrogen-bond donors (Lipinski definition) is 0. The Bertz CT molecular complexity index is 498. The fraction of sp³-hybridized carbons (Fsp3) is 0.833. The molecule has 21 heavy (non-hydrogen) atoms. The molecule has 1 fully saturated rings. The molecule has 0 bridgehead atoms. The number of esters is 1. The highest BCUT2D eigenvalue weighted by Gasteiger charge is 2.38. The Kier molecular flexibility index (Phi) is 5.86. The van der Waals surface area contributed by atoms with Crippen LogP contribution in [0.25, 0.3) is 0 Å². The van der Waals surface area contributed by atoms with Gasteiger partial charge in [0.15, 0.2) is 15.9 Å². The molecular formula is C12H20ClNO6S. The maximum Gasteiger partial charge on any atom is 0.410 e. The summed E-state index contributed by atoms with van der Waals surface area (Å²) in [4.78, 5) is 24.6. The van der Waals surface area contributed by atoms with Crippen molar-refractivity contribution in [2.45, 2.75) is 38.0 Å². The first-order chi connectivity index (χ1) is 9.55. The summed E-state index contributed by atoms with van der Waals surface area (Å²) in [7, 11) is -3.44. The third-order valence-electron chi connectivity index (χ3n) is 2.84. The summed E-state index contributed by atoms with van der Waals surface area (Å²) in [5.41, 5.74) is -0.666. The van der Waals surface area contributed by atoms with Gasteiger partial charge in [-0.05, 0) is 20.8 Å². The van der Waals surface area contributed by atoms with Crippen molar-refractivity contribution < 1.29 is 27.5 Å². The Morgan fingerprint density at radius 2 is 1.95 bits per heavy atom. The molecule has 1 atom stereocenters. The van der Waals surface area contributed by atoms with Gasteiger partial charge in [0.25, 0.3) is 0 Å². The van der Waals surface area contributed by atoms with Crippen molar-refractivity contribution in [3.63, 3.8) is 0 Å². The molecule has 0 aromatic rings. The van der Waals surface area contributed by atoms with Crippen molar-refractivity contribution in [3.8, 4) is 0 Å². The van der Waals surface area contributed by atoms with E-state index in [-0.39, 0.29) is 31.3 Å². The van der Waals surface area contributed by atoms with Crippen LogP contribution in [0.3, 0.4) is 0 Å². The zero-order valence-corrected chi connectivity index (χ0v) is 13.9. The average molecular weight is 342 g/mol. The average Bonchev–Trinajstić information content (AvgIpc) is 2.29. The van der Waals surface area contributed by atoms with Crippen molar-refractivity contribution in [2.24, 2.45) is 0 Å². The van der Waals surface area contributed by atoms with Crippen molar-refractivity contribution >= 4 is 33.5 Å². The number of amides is 1. The topological polar surface area (TPSA) is 90.0 Å². The number of ether oxygens (including phenoxy) is 2. The number of nitrogens with zero attached hydrogens (tertiary/aromatic N) is 1. The minimum absolute atomic E-state index is 0.0539. The molecule has 0 aliphatic carbocycles. The predicted octanol–water partition coefficient (Wildman–Crippen LogP) is 1.15. The van der Waals surface area contributed by atoms with E-state index in [4.69, 9.17) is 16.3 Å². The van der Waals surface area contributed by atoms with E-state index in [0.717, 1.165) is 0 Å². The standard InChI is InChI=1S/C12H20ClNO6S/c1-12(2,3)20-11(16)14-4-5-21(17,18)9(7-14)6-10(15)19-8-13/h9H,4-8H2,1-3H3. The molecule has 0 spiro atoms. The Labute approximate surface area is 129 Å². The van der Waals surface area contributed by atoms with E-state index in [1.54, 1.807) is 20.8 Å². The molecule has 0 saturated carbocycles. The van der Waals surface area contributed by atoms with Gasteiger partial charge in [-0.15, -0.1) is 0 Å². The summed E-state index contributed by atoms with van der Waals surface area (Å²) >= 11 is 5.26. The summed E-state index contributed by atoms with van der Waals surface area (Å²) in [6.45, 7) is 5.13. The first-order valence-corrected chi connectivity index (χ1v) is 8.71. The number of halogens is 1. The van der Waals surface area contributed by atoms with Crippen molar-refractivity contribution in [3.05, 3.63) is 0 Å². The third kappa shape index (κ3) is 5.70. The Morgan fingerprint density at radius 3 is 2.48 bits per heavy atom. The van der Waals surface area contributed by atoms with Gasteiger partial charge in [-0.3, -0.25) is 4.79 Å². The largest absolute Gasteiger partial charge is 0.449 e. The number of sulfone groups is 1. The van der Waals surface area contributed by atoms with E-state index in [0.29, 0.717) is 0 Å². The normalized spacial score (nSPS) is 21.7. The van der Waals surface area contributed by atoms with E-state index in [2.05, 4.69) is 4.74 Å². The van der Waals surface area contributed by atoms with Gasteiger partial charge in [0, 0.05) is 13.1 Å². The highest BCUT2D eigenvalue weighted by molar-refractivity contribution is 7.92. The lowest BCUT2D eigenvalue weighted by Gasteiger charge is -2.33. The van der Waals surface area contributed by atoms with Gasteiger partial charge in [0.05, 0.1) is 17.4 Å². The fourth-order valence-corrected chi connectivity index (χ4v) is 3.57. The second-order valence-electron chi connectivity index (χ2n) is 5.74. The van der Waals surface area contributed by atoms with Crippen LogP contribution in [0, 0.1) is 0 Å². The lowest BCUT2D eigenvalue weighted by atomic mass is 10.2. The number of alkyl halides is 1. The zero-order valence-electron chi connectivity index (χ0n) is 12.3. The van der Waals surface area contributed by atoms with Gasteiger partial charge in [-0.2, -0.15) is 0 Å². The number of carbonyl (C=O) groups excluding carboxylic acids is 2. The van der Waals surface area contributed by atoms with Crippen LogP contribution in [0.5, 0.6) is 0 Å². The van der Waals surface area contributed by atoms with Gasteiger partial charge < -0.3 is 14.4 Å². The quantitative estimate of drug-likeness (QED) is 0.565. The number of rotatable bonds is 3. The number of hydrogen-bond acceptors (Lipinski definition) is 6. The second-order valence-corrected chi connectivity index (χ2v) is 8.36. The van der Waals surface area contributed by atoms with Gasteiger partial charge in [0.2, 0.25) is 0 Å². The molecule has 9 heteroatoms. The molecule has 1 heterocycles. The number of carbonyl (C=O) groups is 2. The predicted molar refractivity (Wildman–Crippen MR) is 76.8 cm³/mol. The van der Waals surface area contributed by atoms with Crippen LogP contribution in [0.15, 0.2) is 0 Å². The first-order valence-electron chi connectivity index (χ1n) is 6.46. The molecular weight excluding hydrogens is 322 g/mol. The van der Waals surface area contributed by atoms with Crippen LogP contribution < -0.4 is 0 Å². The smallest absolute Gasteiger partial charge is 0.410 e. The van der Waals surface area contributed by atoms with Gasteiger partial charge in [0.1, 0.15) is 5.60 Å². The van der Waals surface area contributed by atoms with E-state index in [9.17, 15) is 18.0 Å². The molecule has 1 aliphatic heterocycles. The maximum absolute atomic E-state index is 12.0. The fourth-order valence-electron chi connectivity index (χ4n) is 1.84. The lowest BCUT2D eigenvalue weighted by molar-refractivity contribution is -0.141. The summed E-state index contributed by atoms with van der Waals surface area (Å²) in [5.74, 6) is -0.907. The molecule has 1 amide bonds. The van der Waals surface area contributed by atoms with Crippen LogP contribution in [0.2, 0.25) is 0 Å². The highest BCUT2D eigenvalue weighted by Crippen LogP contribution is 2.19. The highest BCUT2D eigenvalue weighted by atomic mass is 35.5. The molecule has 0 radical (unpaired) electrons. The van der Waals surface area contributed by atoms with E-state index in [1.807, 2.05) is 0 Å². The van der Waals surface area contributed by atoms with Crippen LogP contribution >= 0.6 is 11.6 Å². The molecule has 7 nitrogen and oxygen atoms in total. The summed E-state index contributed by atoms with van der Waals surface area (Å²) in [5, 5.41) is -0.991. The maximum atomic E-state index is 12.0. The lowest BCUT2D eigenvalue weighted by Crippen LogP contribution is -2.51. The monoisotopic (exact) mass is 341 g/mol. The SMILES string of the molecule is CC(C)(C)OC(=O)N1CCS(=O)(=O)C(CC(=O)OCCl)C1. The van der Waals surface area contributed by atoms with Crippen molar-refractivity contribution in [1.82, 2.24) is 4.90 Å². The van der Waals surface area contributed by atoms with Gasteiger partial charge in [-0.25, -0.2) is 13.2 Å². The summed E-state index contributed by atoms with van der Waals surface area (Å²) in [6, 6.07) is -0.332. The molecule has 1 rings (SSSR count). The summed E-state index contributed by atoms with van der Waals surface area (Å²) < 4.78 is 33.7. The van der Waals surface area contributed by atoms with Crippen LogP contribution in [0.4, 0.5) is 4.79 Å². The molecule has 1 saturated heterocycles. The van der Waals surface area contributed by atoms with Crippen LogP contribution in [-0.4, -0.2) is 61.1 Å². The Morgan fingerprint density at radius 1 is 1.33 bits per heavy atom. The molecule has 122 valence electrons.